The summed E-state index contributed by atoms with van der Waals surface area (Å²) in [7, 11) is 1.26. The van der Waals surface area contributed by atoms with Crippen LogP contribution < -0.4 is 5.73 Å². The van der Waals surface area contributed by atoms with E-state index >= 15 is 0 Å². The van der Waals surface area contributed by atoms with Crippen LogP contribution >= 0.6 is 0 Å². The number of nitrogens with two attached hydrogens (primary N) is 1. The van der Waals surface area contributed by atoms with Gasteiger partial charge in [-0.15, -0.1) is 0 Å². The van der Waals surface area contributed by atoms with E-state index in [4.69, 9.17) is 5.73 Å². The monoisotopic (exact) mass is 297 g/mol. The number of rotatable bonds is 3. The Bertz CT molecular complexity index is 377. The summed E-state index contributed by atoms with van der Waals surface area (Å²) in [6.07, 6.45) is -4.80. The second-order valence-electron chi connectivity index (χ2n) is 4.84. The van der Waals surface area contributed by atoms with Crippen LogP contribution in [0.2, 0.25) is 0 Å². The van der Waals surface area contributed by atoms with Gasteiger partial charge in [0.25, 0.3) is 5.91 Å². The molecule has 0 aromatic heterocycles. The first kappa shape index (κ1) is 16.7. The third-order valence-corrected chi connectivity index (χ3v) is 3.27. The van der Waals surface area contributed by atoms with Gasteiger partial charge in [-0.1, -0.05) is 0 Å². The smallest absolute Gasteiger partial charge is 0.415 e. The molecule has 0 spiro atoms. The molecule has 9 heteroatoms. The van der Waals surface area contributed by atoms with Gasteiger partial charge in [0.15, 0.2) is 5.54 Å². The normalized spacial score (nSPS) is 20.4. The average molecular weight is 297 g/mol. The summed E-state index contributed by atoms with van der Waals surface area (Å²) >= 11 is 0. The molecule has 1 aliphatic rings. The van der Waals surface area contributed by atoms with Crippen LogP contribution in [0.4, 0.5) is 13.2 Å². The number of hydrogen-bond acceptors (Lipinski definition) is 5. The highest BCUT2D eigenvalue weighted by Crippen LogP contribution is 2.29. The number of methoxy groups -OCH3 is 1. The van der Waals surface area contributed by atoms with Crippen molar-refractivity contribution < 1.29 is 27.5 Å². The quantitative estimate of drug-likeness (QED) is 0.716. The van der Waals surface area contributed by atoms with Crippen molar-refractivity contribution in [3.8, 4) is 0 Å². The molecule has 1 fully saturated rings. The Kier molecular flexibility index (Phi) is 4.98. The van der Waals surface area contributed by atoms with Crippen molar-refractivity contribution in [2.24, 2.45) is 5.73 Å². The number of carbonyl (C=O) groups excluding carboxylic acids is 2. The van der Waals surface area contributed by atoms with E-state index in [-0.39, 0.29) is 19.6 Å². The van der Waals surface area contributed by atoms with E-state index in [1.165, 1.54) is 7.11 Å². The first-order valence-corrected chi connectivity index (χ1v) is 6.03. The van der Waals surface area contributed by atoms with E-state index < -0.39 is 23.6 Å². The van der Waals surface area contributed by atoms with Crippen molar-refractivity contribution in [3.05, 3.63) is 0 Å². The molecule has 0 aliphatic carbocycles. The number of halogens is 3. The van der Waals surface area contributed by atoms with E-state index in [0.29, 0.717) is 20.0 Å². The van der Waals surface area contributed by atoms with Gasteiger partial charge in [0.1, 0.15) is 0 Å². The molecule has 1 heterocycles. The molecule has 0 aromatic rings. The predicted octanol–water partition coefficient (Wildman–Crippen LogP) is -0.417. The highest BCUT2D eigenvalue weighted by molar-refractivity contribution is 5.86. The molecule has 1 aliphatic heterocycles. The molecule has 1 saturated heterocycles. The fourth-order valence-electron chi connectivity index (χ4n) is 1.81. The molecule has 1 amide bonds. The molecule has 0 aromatic carbocycles. The lowest BCUT2D eigenvalue weighted by Crippen LogP contribution is -2.64. The SMILES string of the molecule is COC(=O)CN1CCN(C(=O)C(C)(N)C(F)(F)F)CC1. The third kappa shape index (κ3) is 3.60. The Balaban J connectivity index is 2.57. The fourth-order valence-corrected chi connectivity index (χ4v) is 1.81. The van der Waals surface area contributed by atoms with Gasteiger partial charge in [0.2, 0.25) is 0 Å². The van der Waals surface area contributed by atoms with Crippen LogP contribution in [0.3, 0.4) is 0 Å². The summed E-state index contributed by atoms with van der Waals surface area (Å²) in [5.74, 6) is -1.58. The topological polar surface area (TPSA) is 75.9 Å². The van der Waals surface area contributed by atoms with Gasteiger partial charge in [-0.05, 0) is 6.92 Å². The summed E-state index contributed by atoms with van der Waals surface area (Å²) < 4.78 is 42.6. The Morgan fingerprint density at radius 1 is 1.20 bits per heavy atom. The molecule has 20 heavy (non-hydrogen) atoms. The predicted molar refractivity (Wildman–Crippen MR) is 63.7 cm³/mol. The summed E-state index contributed by atoms with van der Waals surface area (Å²) in [5, 5.41) is 0. The van der Waals surface area contributed by atoms with Crippen LogP contribution in [0.5, 0.6) is 0 Å². The van der Waals surface area contributed by atoms with Gasteiger partial charge < -0.3 is 15.4 Å². The first-order valence-electron chi connectivity index (χ1n) is 6.03. The van der Waals surface area contributed by atoms with Crippen LogP contribution in [0, 0.1) is 0 Å². The first-order chi connectivity index (χ1) is 9.09. The second-order valence-corrected chi connectivity index (χ2v) is 4.84. The van der Waals surface area contributed by atoms with Gasteiger partial charge >= 0.3 is 12.1 Å². The minimum absolute atomic E-state index is 0.0533. The van der Waals surface area contributed by atoms with E-state index in [9.17, 15) is 22.8 Å². The molecule has 0 radical (unpaired) electrons. The zero-order valence-electron chi connectivity index (χ0n) is 11.4. The van der Waals surface area contributed by atoms with Crippen molar-refractivity contribution in [2.75, 3.05) is 39.8 Å². The van der Waals surface area contributed by atoms with E-state index in [0.717, 1.165) is 4.90 Å². The average Bonchev–Trinajstić information content (AvgIpc) is 2.37. The van der Waals surface area contributed by atoms with Crippen molar-refractivity contribution in [3.63, 3.8) is 0 Å². The molecule has 2 N–H and O–H groups in total. The maximum absolute atomic E-state index is 12.7. The number of piperazine rings is 1. The molecule has 0 bridgehead atoms. The lowest BCUT2D eigenvalue weighted by atomic mass is 10.0. The summed E-state index contributed by atoms with van der Waals surface area (Å²) in [6.45, 7) is 1.51. The Morgan fingerprint density at radius 2 is 1.70 bits per heavy atom. The van der Waals surface area contributed by atoms with Crippen molar-refractivity contribution in [1.29, 1.82) is 0 Å². The zero-order chi connectivity index (χ0) is 15.6. The number of nitrogens with zero attached hydrogens (tertiary/aromatic N) is 2. The lowest BCUT2D eigenvalue weighted by molar-refractivity contribution is -0.194. The third-order valence-electron chi connectivity index (χ3n) is 3.27. The maximum atomic E-state index is 12.7. The minimum atomic E-state index is -4.80. The van der Waals surface area contributed by atoms with Crippen LogP contribution in [-0.4, -0.2) is 73.2 Å². The van der Waals surface area contributed by atoms with Gasteiger partial charge in [-0.3, -0.25) is 14.5 Å². The Labute approximate surface area is 114 Å². The largest absolute Gasteiger partial charge is 0.468 e. The van der Waals surface area contributed by atoms with Crippen molar-refractivity contribution >= 4 is 11.9 Å². The molecule has 6 nitrogen and oxygen atoms in total. The molecular weight excluding hydrogens is 279 g/mol. The summed E-state index contributed by atoms with van der Waals surface area (Å²) in [4.78, 5) is 25.7. The molecule has 116 valence electrons. The Morgan fingerprint density at radius 3 is 2.10 bits per heavy atom. The lowest BCUT2D eigenvalue weighted by Gasteiger charge is -2.38. The van der Waals surface area contributed by atoms with E-state index in [1.807, 2.05) is 0 Å². The van der Waals surface area contributed by atoms with E-state index in [2.05, 4.69) is 4.74 Å². The van der Waals surface area contributed by atoms with Crippen LogP contribution in [0.25, 0.3) is 0 Å². The van der Waals surface area contributed by atoms with Gasteiger partial charge in [0.05, 0.1) is 13.7 Å². The van der Waals surface area contributed by atoms with E-state index in [1.54, 1.807) is 4.90 Å². The summed E-state index contributed by atoms with van der Waals surface area (Å²) in [6, 6.07) is 0. The standard InChI is InChI=1S/C11H18F3N3O3/c1-10(15,11(12,13)14)9(19)17-5-3-16(4-6-17)7-8(18)20-2/h3-7,15H2,1-2H3. The number of ether oxygens (including phenoxy) is 1. The highest BCUT2D eigenvalue weighted by atomic mass is 19.4. The summed E-state index contributed by atoms with van der Waals surface area (Å²) in [5.41, 5.74) is 2.21. The number of amides is 1. The number of hydrogen-bond donors (Lipinski definition) is 1. The minimum Gasteiger partial charge on any atom is -0.468 e. The molecule has 0 saturated carbocycles. The van der Waals surface area contributed by atoms with Gasteiger partial charge in [0, 0.05) is 26.2 Å². The van der Waals surface area contributed by atoms with Crippen LogP contribution in [0.1, 0.15) is 6.92 Å². The second kappa shape index (κ2) is 5.96. The number of esters is 1. The van der Waals surface area contributed by atoms with Gasteiger partial charge in [-0.2, -0.15) is 13.2 Å². The molecule has 1 rings (SSSR count). The molecule has 1 unspecified atom stereocenters. The molecule has 1 atom stereocenters. The number of alkyl halides is 3. The number of carbonyl (C=O) groups is 2. The highest BCUT2D eigenvalue weighted by Gasteiger charge is 2.55. The van der Waals surface area contributed by atoms with Crippen LogP contribution in [-0.2, 0) is 14.3 Å². The fraction of sp³-hybridized carbons (Fsp3) is 0.818. The van der Waals surface area contributed by atoms with Crippen molar-refractivity contribution in [2.45, 2.75) is 18.6 Å². The maximum Gasteiger partial charge on any atom is 0.415 e. The van der Waals surface area contributed by atoms with Gasteiger partial charge in [-0.25, -0.2) is 0 Å². The molecular formula is C11H18F3N3O3. The Hall–Kier alpha value is -1.35. The van der Waals surface area contributed by atoms with Crippen LogP contribution in [0.15, 0.2) is 0 Å². The van der Waals surface area contributed by atoms with Crippen molar-refractivity contribution in [1.82, 2.24) is 9.80 Å². The zero-order valence-corrected chi connectivity index (χ0v) is 11.4.